The number of carbonyl (C=O) groups excluding carboxylic acids is 2. The zero-order valence-corrected chi connectivity index (χ0v) is 20.9. The Morgan fingerprint density at radius 3 is 2.41 bits per heavy atom. The minimum Gasteiger partial charge on any atom is -0.480 e. The monoisotopic (exact) mass is 482 g/mol. The molecule has 0 heterocycles. The molecule has 0 amide bonds. The van der Waals surface area contributed by atoms with Gasteiger partial charge in [0.2, 0.25) is 6.10 Å². The normalized spacial score (nSPS) is 12.7. The van der Waals surface area contributed by atoms with Crippen LogP contribution in [0.25, 0.3) is 0 Å². The second-order valence-electron chi connectivity index (χ2n) is 7.54. The first-order valence-electron chi connectivity index (χ1n) is 10.5. The van der Waals surface area contributed by atoms with Gasteiger partial charge in [0.15, 0.2) is 6.61 Å². The van der Waals surface area contributed by atoms with Crippen LogP contribution in [0.5, 0.6) is 5.75 Å². The first-order valence-corrected chi connectivity index (χ1v) is 11.3. The van der Waals surface area contributed by atoms with Gasteiger partial charge in [-0.15, -0.1) is 0 Å². The van der Waals surface area contributed by atoms with Crippen molar-refractivity contribution in [3.63, 3.8) is 0 Å². The summed E-state index contributed by atoms with van der Waals surface area (Å²) in [6.45, 7) is 9.44. The molecule has 0 aliphatic rings. The van der Waals surface area contributed by atoms with E-state index in [1.54, 1.807) is 26.0 Å². The van der Waals surface area contributed by atoms with Crippen LogP contribution >= 0.6 is 23.2 Å². The maximum atomic E-state index is 12.3. The van der Waals surface area contributed by atoms with E-state index in [1.807, 2.05) is 6.08 Å². The summed E-state index contributed by atoms with van der Waals surface area (Å²) in [5.74, 6) is -1.04. The quantitative estimate of drug-likeness (QED) is 0.240. The second-order valence-corrected chi connectivity index (χ2v) is 8.38. The lowest BCUT2D eigenvalue weighted by Gasteiger charge is -2.17. The summed E-state index contributed by atoms with van der Waals surface area (Å²) in [6.07, 6.45) is 7.61. The molecule has 176 valence electrons. The molecule has 0 saturated heterocycles. The van der Waals surface area contributed by atoms with Crippen molar-refractivity contribution in [2.45, 2.75) is 60.0 Å². The van der Waals surface area contributed by atoms with E-state index in [0.717, 1.165) is 12.8 Å². The highest BCUT2D eigenvalue weighted by Gasteiger charge is 2.26. The fraction of sp³-hybridized carbons (Fsp3) is 0.440. The highest BCUT2D eigenvalue weighted by Crippen LogP contribution is 2.27. The molecular formula is C25H32Cl2O5. The number of hydrogen-bond donors (Lipinski definition) is 0. The Labute approximate surface area is 201 Å². The van der Waals surface area contributed by atoms with Crippen LogP contribution in [-0.4, -0.2) is 31.3 Å². The lowest BCUT2D eigenvalue weighted by Crippen LogP contribution is -2.32. The highest BCUT2D eigenvalue weighted by atomic mass is 35.5. The molecule has 1 atom stereocenters. The largest absolute Gasteiger partial charge is 0.480 e. The molecule has 0 aromatic heterocycles. The molecule has 1 aromatic rings. The molecule has 0 fully saturated rings. The Hall–Kier alpha value is -2.24. The second kappa shape index (κ2) is 14.8. The van der Waals surface area contributed by atoms with Crippen molar-refractivity contribution in [2.24, 2.45) is 0 Å². The van der Waals surface area contributed by atoms with E-state index in [4.69, 9.17) is 37.4 Å². The standard InChI is InChI=1S/C25H32Cl2O5/c1-6-30-25(29)24(19(5)12-8-11-18(4)10-7-9-17(2)3)32-23(28)16-31-22-14-13-20(26)15-21(22)27/h9,11-15,24H,6-8,10,16H2,1-5H3/b18-11+,19-12+. The van der Waals surface area contributed by atoms with E-state index in [1.165, 1.54) is 17.2 Å². The number of hydrogen-bond acceptors (Lipinski definition) is 5. The third-order valence-corrected chi connectivity index (χ3v) is 4.93. The predicted molar refractivity (Wildman–Crippen MR) is 129 cm³/mol. The van der Waals surface area contributed by atoms with E-state index < -0.39 is 24.6 Å². The van der Waals surface area contributed by atoms with Gasteiger partial charge in [0, 0.05) is 5.02 Å². The van der Waals surface area contributed by atoms with Crippen LogP contribution in [0.1, 0.15) is 53.9 Å². The molecule has 1 unspecified atom stereocenters. The van der Waals surface area contributed by atoms with Gasteiger partial charge in [-0.05, 0) is 77.7 Å². The molecule has 1 aromatic carbocycles. The van der Waals surface area contributed by atoms with Crippen molar-refractivity contribution in [1.82, 2.24) is 0 Å². The van der Waals surface area contributed by atoms with Gasteiger partial charge in [0.25, 0.3) is 0 Å². The van der Waals surface area contributed by atoms with Gasteiger partial charge in [0.1, 0.15) is 5.75 Å². The molecule has 7 heteroatoms. The first-order chi connectivity index (χ1) is 15.1. The van der Waals surface area contributed by atoms with E-state index in [-0.39, 0.29) is 11.6 Å². The fourth-order valence-electron chi connectivity index (χ4n) is 2.68. The van der Waals surface area contributed by atoms with Crippen molar-refractivity contribution in [1.29, 1.82) is 0 Å². The molecule has 5 nitrogen and oxygen atoms in total. The summed E-state index contributed by atoms with van der Waals surface area (Å²) in [4.78, 5) is 24.7. The summed E-state index contributed by atoms with van der Waals surface area (Å²) in [5.41, 5.74) is 3.15. The fourth-order valence-corrected chi connectivity index (χ4v) is 3.15. The molecule has 0 aliphatic carbocycles. The average Bonchev–Trinajstić information content (AvgIpc) is 2.71. The topological polar surface area (TPSA) is 61.8 Å². The van der Waals surface area contributed by atoms with E-state index >= 15 is 0 Å². The Morgan fingerprint density at radius 2 is 1.78 bits per heavy atom. The van der Waals surface area contributed by atoms with Crippen LogP contribution in [0.4, 0.5) is 0 Å². The molecule has 1 rings (SSSR count). The van der Waals surface area contributed by atoms with Gasteiger partial charge in [-0.2, -0.15) is 0 Å². The Kier molecular flexibility index (Phi) is 12.8. The molecule has 0 aliphatic heterocycles. The third-order valence-electron chi connectivity index (χ3n) is 4.40. The van der Waals surface area contributed by atoms with Crippen LogP contribution in [0.15, 0.2) is 53.1 Å². The van der Waals surface area contributed by atoms with Gasteiger partial charge in [-0.25, -0.2) is 9.59 Å². The number of ether oxygens (including phenoxy) is 3. The minimum atomic E-state index is -1.13. The Bertz CT molecular complexity index is 867. The molecule has 0 radical (unpaired) electrons. The van der Waals surface area contributed by atoms with Crippen LogP contribution in [-0.2, 0) is 19.1 Å². The third kappa shape index (κ3) is 10.9. The zero-order chi connectivity index (χ0) is 24.1. The summed E-state index contributed by atoms with van der Waals surface area (Å²) in [7, 11) is 0. The number of allylic oxidation sites excluding steroid dienone is 5. The Balaban J connectivity index is 2.74. The van der Waals surface area contributed by atoms with E-state index in [0.29, 0.717) is 22.8 Å². The smallest absolute Gasteiger partial charge is 0.351 e. The van der Waals surface area contributed by atoms with Gasteiger partial charge in [-0.1, -0.05) is 52.6 Å². The summed E-state index contributed by atoms with van der Waals surface area (Å²) in [6, 6.07) is 4.66. The number of halogens is 2. The minimum absolute atomic E-state index is 0.181. The maximum absolute atomic E-state index is 12.3. The zero-order valence-electron chi connectivity index (χ0n) is 19.4. The van der Waals surface area contributed by atoms with Crippen LogP contribution < -0.4 is 4.74 Å². The average molecular weight is 483 g/mol. The van der Waals surface area contributed by atoms with Crippen molar-refractivity contribution in [2.75, 3.05) is 13.2 Å². The van der Waals surface area contributed by atoms with Gasteiger partial charge < -0.3 is 14.2 Å². The number of esters is 2. The van der Waals surface area contributed by atoms with Gasteiger partial charge in [0.05, 0.1) is 11.6 Å². The first kappa shape index (κ1) is 27.8. The maximum Gasteiger partial charge on any atom is 0.351 e. The lowest BCUT2D eigenvalue weighted by atomic mass is 10.1. The molecule has 0 N–H and O–H groups in total. The number of rotatable bonds is 12. The summed E-state index contributed by atoms with van der Waals surface area (Å²) < 4.78 is 15.8. The molecule has 32 heavy (non-hydrogen) atoms. The SMILES string of the molecule is CCOC(=O)C(OC(=O)COc1ccc(Cl)cc1Cl)/C(C)=C/C/C=C(\C)CCC=C(C)C. The Morgan fingerprint density at radius 1 is 1.06 bits per heavy atom. The molecular weight excluding hydrogens is 451 g/mol. The summed E-state index contributed by atoms with van der Waals surface area (Å²) in [5, 5.41) is 0.726. The van der Waals surface area contributed by atoms with E-state index in [9.17, 15) is 9.59 Å². The van der Waals surface area contributed by atoms with Crippen molar-refractivity contribution < 1.29 is 23.8 Å². The predicted octanol–water partition coefficient (Wildman–Crippen LogP) is 6.88. The van der Waals surface area contributed by atoms with Gasteiger partial charge >= 0.3 is 11.9 Å². The molecule has 0 bridgehead atoms. The number of carbonyl (C=O) groups is 2. The van der Waals surface area contributed by atoms with Crippen molar-refractivity contribution in [3.8, 4) is 5.75 Å². The van der Waals surface area contributed by atoms with Crippen LogP contribution in [0, 0.1) is 0 Å². The van der Waals surface area contributed by atoms with Crippen LogP contribution in [0.3, 0.4) is 0 Å². The lowest BCUT2D eigenvalue weighted by molar-refractivity contribution is -0.166. The van der Waals surface area contributed by atoms with Gasteiger partial charge in [-0.3, -0.25) is 0 Å². The molecule has 0 saturated carbocycles. The summed E-state index contributed by atoms with van der Waals surface area (Å²) >= 11 is 11.9. The van der Waals surface area contributed by atoms with Crippen LogP contribution in [0.2, 0.25) is 10.0 Å². The highest BCUT2D eigenvalue weighted by molar-refractivity contribution is 6.35. The van der Waals surface area contributed by atoms with E-state index in [2.05, 4.69) is 32.9 Å². The van der Waals surface area contributed by atoms with Crippen molar-refractivity contribution in [3.05, 3.63) is 63.2 Å². The number of benzene rings is 1. The molecule has 0 spiro atoms. The van der Waals surface area contributed by atoms with Crippen molar-refractivity contribution >= 4 is 35.1 Å².